The number of quaternary nitrogens is 1. The van der Waals surface area contributed by atoms with Crippen molar-refractivity contribution < 1.29 is 19.2 Å². The normalized spacial score (nSPS) is 14.9. The van der Waals surface area contributed by atoms with Crippen LogP contribution in [0.25, 0.3) is 0 Å². The van der Waals surface area contributed by atoms with Crippen molar-refractivity contribution in [1.29, 1.82) is 0 Å². The summed E-state index contributed by atoms with van der Waals surface area (Å²) in [5.74, 6) is 1.79. The van der Waals surface area contributed by atoms with Crippen LogP contribution in [0, 0.1) is 0 Å². The van der Waals surface area contributed by atoms with Crippen LogP contribution in [0.2, 0.25) is 0 Å². The molecule has 1 aliphatic rings. The van der Waals surface area contributed by atoms with Crippen molar-refractivity contribution in [3.05, 3.63) is 59.7 Å². The van der Waals surface area contributed by atoms with Gasteiger partial charge < -0.3 is 19.3 Å². The Kier molecular flexibility index (Phi) is 6.12. The Morgan fingerprint density at radius 1 is 1.00 bits per heavy atom. The van der Waals surface area contributed by atoms with E-state index in [-0.39, 0.29) is 5.91 Å². The molecule has 0 atom stereocenters. The second-order valence-electron chi connectivity index (χ2n) is 6.52. The predicted octanol–water partition coefficient (Wildman–Crippen LogP) is 1.63. The number of hydrogen-bond acceptors (Lipinski definition) is 3. The fourth-order valence-electron chi connectivity index (χ4n) is 3.28. The number of hydrogen-bond donors (Lipinski definition) is 1. The van der Waals surface area contributed by atoms with E-state index in [0.29, 0.717) is 6.61 Å². The van der Waals surface area contributed by atoms with Crippen molar-refractivity contribution >= 4 is 5.91 Å². The molecular weight excluding hydrogens is 328 g/mol. The summed E-state index contributed by atoms with van der Waals surface area (Å²) >= 11 is 0. The van der Waals surface area contributed by atoms with Gasteiger partial charge in [0.2, 0.25) is 0 Å². The largest absolute Gasteiger partial charge is 0.497 e. The van der Waals surface area contributed by atoms with Gasteiger partial charge in [0, 0.05) is 11.1 Å². The summed E-state index contributed by atoms with van der Waals surface area (Å²) in [6, 6.07) is 15.7. The maximum Gasteiger partial charge on any atom is 0.254 e. The fourth-order valence-corrected chi connectivity index (χ4v) is 3.28. The Morgan fingerprint density at radius 3 is 2.19 bits per heavy atom. The molecule has 0 saturated carbocycles. The van der Waals surface area contributed by atoms with Crippen LogP contribution in [0.15, 0.2) is 48.5 Å². The maximum absolute atomic E-state index is 12.6. The van der Waals surface area contributed by atoms with Crippen molar-refractivity contribution in [2.45, 2.75) is 13.5 Å². The van der Waals surface area contributed by atoms with Gasteiger partial charge in [-0.05, 0) is 55.5 Å². The van der Waals surface area contributed by atoms with Gasteiger partial charge in [-0.25, -0.2) is 0 Å². The standard InChI is InChI=1S/C21H26N2O3/c1-3-26-20-8-4-17(5-9-20)16-22-12-14-23(15-13-22)21(24)18-6-10-19(25-2)11-7-18/h4-11H,3,12-16H2,1-2H3/p+1. The lowest BCUT2D eigenvalue weighted by Crippen LogP contribution is -3.13. The second-order valence-corrected chi connectivity index (χ2v) is 6.52. The molecule has 5 nitrogen and oxygen atoms in total. The highest BCUT2D eigenvalue weighted by Crippen LogP contribution is 2.14. The average Bonchev–Trinajstić information content (AvgIpc) is 2.70. The lowest BCUT2D eigenvalue weighted by Gasteiger charge is -2.32. The Balaban J connectivity index is 1.50. The van der Waals surface area contributed by atoms with Crippen molar-refractivity contribution in [3.63, 3.8) is 0 Å². The number of rotatable bonds is 6. The van der Waals surface area contributed by atoms with E-state index in [4.69, 9.17) is 9.47 Å². The number of ether oxygens (including phenoxy) is 2. The number of benzene rings is 2. The zero-order chi connectivity index (χ0) is 18.4. The average molecular weight is 355 g/mol. The smallest absolute Gasteiger partial charge is 0.254 e. The minimum atomic E-state index is 0.104. The third-order valence-electron chi connectivity index (χ3n) is 4.78. The second kappa shape index (κ2) is 8.72. The number of amides is 1. The Bertz CT molecular complexity index is 705. The van der Waals surface area contributed by atoms with Crippen LogP contribution in [0.1, 0.15) is 22.8 Å². The Labute approximate surface area is 155 Å². The first-order valence-corrected chi connectivity index (χ1v) is 9.18. The predicted molar refractivity (Wildman–Crippen MR) is 101 cm³/mol. The molecule has 0 unspecified atom stereocenters. The summed E-state index contributed by atoms with van der Waals surface area (Å²) in [7, 11) is 1.63. The number of nitrogens with zero attached hydrogens (tertiary/aromatic N) is 1. The number of carbonyl (C=O) groups excluding carboxylic acids is 1. The number of piperazine rings is 1. The molecule has 1 heterocycles. The van der Waals surface area contributed by atoms with Crippen LogP contribution in [0.3, 0.4) is 0 Å². The van der Waals surface area contributed by atoms with E-state index in [9.17, 15) is 4.79 Å². The quantitative estimate of drug-likeness (QED) is 0.857. The van der Waals surface area contributed by atoms with E-state index in [1.54, 1.807) is 7.11 Å². The van der Waals surface area contributed by atoms with Crippen LogP contribution in [0.4, 0.5) is 0 Å². The summed E-state index contributed by atoms with van der Waals surface area (Å²) in [5, 5.41) is 0. The Hall–Kier alpha value is -2.53. The molecule has 0 radical (unpaired) electrons. The van der Waals surface area contributed by atoms with E-state index in [1.807, 2.05) is 48.2 Å². The molecule has 3 rings (SSSR count). The zero-order valence-corrected chi connectivity index (χ0v) is 15.5. The van der Waals surface area contributed by atoms with Crippen LogP contribution in [0.5, 0.6) is 11.5 Å². The molecule has 1 aliphatic heterocycles. The molecule has 2 aromatic rings. The molecule has 0 aliphatic carbocycles. The lowest BCUT2D eigenvalue weighted by molar-refractivity contribution is -0.917. The van der Waals surface area contributed by atoms with Gasteiger partial charge in [0.25, 0.3) is 5.91 Å². The first-order valence-electron chi connectivity index (χ1n) is 9.18. The van der Waals surface area contributed by atoms with Crippen LogP contribution in [-0.2, 0) is 6.54 Å². The highest BCUT2D eigenvalue weighted by atomic mass is 16.5. The summed E-state index contributed by atoms with van der Waals surface area (Å²) in [5.41, 5.74) is 2.03. The molecular formula is C21H27N2O3+. The molecule has 0 aromatic heterocycles. The topological polar surface area (TPSA) is 43.2 Å². The van der Waals surface area contributed by atoms with Crippen molar-refractivity contribution in [2.75, 3.05) is 39.9 Å². The third-order valence-corrected chi connectivity index (χ3v) is 4.78. The molecule has 26 heavy (non-hydrogen) atoms. The molecule has 2 aromatic carbocycles. The fraction of sp³-hybridized carbons (Fsp3) is 0.381. The van der Waals surface area contributed by atoms with E-state index >= 15 is 0 Å². The van der Waals surface area contributed by atoms with Gasteiger partial charge in [-0.1, -0.05) is 0 Å². The number of nitrogens with one attached hydrogen (secondary N) is 1. The van der Waals surface area contributed by atoms with Gasteiger partial charge in [0.05, 0.1) is 39.9 Å². The van der Waals surface area contributed by atoms with Gasteiger partial charge in [-0.3, -0.25) is 4.79 Å². The van der Waals surface area contributed by atoms with Crippen molar-refractivity contribution in [3.8, 4) is 11.5 Å². The van der Waals surface area contributed by atoms with Gasteiger partial charge in [0.1, 0.15) is 18.0 Å². The molecule has 0 spiro atoms. The number of methoxy groups -OCH3 is 1. The Morgan fingerprint density at radius 2 is 1.62 bits per heavy atom. The van der Waals surface area contributed by atoms with E-state index in [1.165, 1.54) is 10.5 Å². The summed E-state index contributed by atoms with van der Waals surface area (Å²) in [6.07, 6.45) is 0. The maximum atomic E-state index is 12.6. The summed E-state index contributed by atoms with van der Waals surface area (Å²) in [6.45, 7) is 7.18. The molecule has 1 N–H and O–H groups in total. The van der Waals surface area contributed by atoms with Gasteiger partial charge in [-0.15, -0.1) is 0 Å². The molecule has 5 heteroatoms. The zero-order valence-electron chi connectivity index (χ0n) is 15.5. The molecule has 0 bridgehead atoms. The third kappa shape index (κ3) is 4.55. The molecule has 1 saturated heterocycles. The summed E-state index contributed by atoms with van der Waals surface area (Å²) < 4.78 is 10.6. The van der Waals surface area contributed by atoms with Crippen LogP contribution < -0.4 is 14.4 Å². The highest BCUT2D eigenvalue weighted by molar-refractivity contribution is 5.94. The van der Waals surface area contributed by atoms with Gasteiger partial charge in [0.15, 0.2) is 0 Å². The van der Waals surface area contributed by atoms with E-state index in [2.05, 4.69) is 12.1 Å². The van der Waals surface area contributed by atoms with Crippen molar-refractivity contribution in [2.24, 2.45) is 0 Å². The number of carbonyl (C=O) groups is 1. The first-order chi connectivity index (χ1) is 12.7. The molecule has 138 valence electrons. The minimum Gasteiger partial charge on any atom is -0.497 e. The van der Waals surface area contributed by atoms with Gasteiger partial charge in [-0.2, -0.15) is 0 Å². The van der Waals surface area contributed by atoms with Gasteiger partial charge >= 0.3 is 0 Å². The van der Waals surface area contributed by atoms with Crippen LogP contribution >= 0.6 is 0 Å². The first kappa shape index (κ1) is 18.3. The lowest BCUT2D eigenvalue weighted by atomic mass is 10.1. The SMILES string of the molecule is CCOc1ccc(C[NH+]2CCN(C(=O)c3ccc(OC)cc3)CC2)cc1. The minimum absolute atomic E-state index is 0.104. The molecule has 1 amide bonds. The molecule has 1 fully saturated rings. The van der Waals surface area contributed by atoms with E-state index in [0.717, 1.165) is 49.8 Å². The van der Waals surface area contributed by atoms with Crippen LogP contribution in [-0.4, -0.2) is 50.7 Å². The van der Waals surface area contributed by atoms with E-state index < -0.39 is 0 Å². The van der Waals surface area contributed by atoms with Crippen molar-refractivity contribution in [1.82, 2.24) is 4.90 Å². The summed E-state index contributed by atoms with van der Waals surface area (Å²) in [4.78, 5) is 16.1. The highest BCUT2D eigenvalue weighted by Gasteiger charge is 2.24. The monoisotopic (exact) mass is 355 g/mol.